The molecule has 3 nitrogen and oxygen atoms in total. The van der Waals surface area contributed by atoms with Gasteiger partial charge in [-0.15, -0.1) is 17.8 Å². The lowest BCUT2D eigenvalue weighted by Gasteiger charge is -2.08. The minimum absolute atomic E-state index is 0.0611. The van der Waals surface area contributed by atoms with E-state index in [-0.39, 0.29) is 5.91 Å². The van der Waals surface area contributed by atoms with Gasteiger partial charge < -0.3 is 10.6 Å². The molecule has 0 saturated carbocycles. The Morgan fingerprint density at radius 1 is 1.42 bits per heavy atom. The third-order valence-corrected chi connectivity index (χ3v) is 3.46. The van der Waals surface area contributed by atoms with Gasteiger partial charge in [-0.2, -0.15) is 0 Å². The summed E-state index contributed by atoms with van der Waals surface area (Å²) < 4.78 is 0. The van der Waals surface area contributed by atoms with Crippen LogP contribution in [-0.2, 0) is 11.3 Å². The van der Waals surface area contributed by atoms with Crippen LogP contribution in [0.5, 0.6) is 0 Å². The van der Waals surface area contributed by atoms with Gasteiger partial charge in [0.05, 0.1) is 12.2 Å². The highest BCUT2D eigenvalue weighted by atomic mass is 32.1. The van der Waals surface area contributed by atoms with Crippen LogP contribution in [0.3, 0.4) is 0 Å². The number of hydrogen-bond acceptors (Lipinski definition) is 3. The number of benzene rings is 1. The minimum Gasteiger partial charge on any atom is -0.380 e. The summed E-state index contributed by atoms with van der Waals surface area (Å²) in [6, 6.07) is 9.60. The van der Waals surface area contributed by atoms with Gasteiger partial charge >= 0.3 is 0 Å². The number of amides is 1. The van der Waals surface area contributed by atoms with E-state index < -0.39 is 0 Å². The van der Waals surface area contributed by atoms with E-state index in [1.807, 2.05) is 35.7 Å². The number of thiophene rings is 1. The van der Waals surface area contributed by atoms with Crippen LogP contribution in [0.2, 0.25) is 0 Å². The highest BCUT2D eigenvalue weighted by Crippen LogP contribution is 2.23. The zero-order valence-electron chi connectivity index (χ0n) is 10.6. The van der Waals surface area contributed by atoms with Gasteiger partial charge in [0, 0.05) is 23.1 Å². The second kappa shape index (κ2) is 6.07. The third kappa shape index (κ3) is 3.60. The molecule has 0 atom stereocenters. The molecule has 0 bridgehead atoms. The van der Waals surface area contributed by atoms with Crippen molar-refractivity contribution in [2.75, 3.05) is 10.6 Å². The van der Waals surface area contributed by atoms with Crippen LogP contribution in [0.4, 0.5) is 11.4 Å². The zero-order chi connectivity index (χ0) is 13.7. The van der Waals surface area contributed by atoms with E-state index in [2.05, 4.69) is 16.6 Å². The molecule has 4 heteroatoms. The summed E-state index contributed by atoms with van der Waals surface area (Å²) >= 11 is 1.60. The average Bonchev–Trinajstić information content (AvgIpc) is 2.83. The quantitative estimate of drug-likeness (QED) is 0.837. The van der Waals surface area contributed by atoms with Gasteiger partial charge in [-0.05, 0) is 29.6 Å². The van der Waals surface area contributed by atoms with Gasteiger partial charge in [-0.1, -0.05) is 12.0 Å². The standard InChI is InChI=1S/C15H14N2OS/c1-3-12-5-4-6-13(9-12)16-10-15-14(7-8-19-15)17-11(2)18/h1,4-9,16H,10H2,2H3,(H,17,18). The maximum absolute atomic E-state index is 11.1. The molecular formula is C15H14N2OS. The Kier molecular flexibility index (Phi) is 4.22. The van der Waals surface area contributed by atoms with E-state index in [9.17, 15) is 4.79 Å². The Balaban J connectivity index is 2.04. The Bertz CT molecular complexity index is 625. The van der Waals surface area contributed by atoms with Crippen molar-refractivity contribution in [2.45, 2.75) is 13.5 Å². The maximum atomic E-state index is 11.1. The predicted molar refractivity (Wildman–Crippen MR) is 80.3 cm³/mol. The van der Waals surface area contributed by atoms with Crippen molar-refractivity contribution in [3.05, 3.63) is 46.2 Å². The van der Waals surface area contributed by atoms with E-state index in [0.717, 1.165) is 21.8 Å². The first-order valence-corrected chi connectivity index (χ1v) is 6.71. The largest absolute Gasteiger partial charge is 0.380 e. The highest BCUT2D eigenvalue weighted by molar-refractivity contribution is 7.10. The molecule has 2 rings (SSSR count). The molecule has 0 fully saturated rings. The van der Waals surface area contributed by atoms with Gasteiger partial charge in [0.15, 0.2) is 0 Å². The van der Waals surface area contributed by atoms with Crippen molar-refractivity contribution in [3.63, 3.8) is 0 Å². The van der Waals surface area contributed by atoms with Crippen LogP contribution in [0.15, 0.2) is 35.7 Å². The van der Waals surface area contributed by atoms with Gasteiger partial charge in [0.25, 0.3) is 0 Å². The molecule has 1 aromatic heterocycles. The van der Waals surface area contributed by atoms with Crippen LogP contribution in [0.25, 0.3) is 0 Å². The molecule has 2 aromatic rings. The maximum Gasteiger partial charge on any atom is 0.221 e. The van der Waals surface area contributed by atoms with Crippen molar-refractivity contribution in [3.8, 4) is 12.3 Å². The molecule has 0 radical (unpaired) electrons. The van der Waals surface area contributed by atoms with Crippen LogP contribution in [-0.4, -0.2) is 5.91 Å². The van der Waals surface area contributed by atoms with Crippen LogP contribution in [0.1, 0.15) is 17.4 Å². The molecule has 0 aliphatic rings. The summed E-state index contributed by atoms with van der Waals surface area (Å²) in [4.78, 5) is 12.2. The molecular weight excluding hydrogens is 256 g/mol. The Morgan fingerprint density at radius 3 is 3.00 bits per heavy atom. The molecule has 1 heterocycles. The van der Waals surface area contributed by atoms with Crippen LogP contribution in [0, 0.1) is 12.3 Å². The predicted octanol–water partition coefficient (Wildman–Crippen LogP) is 3.30. The fourth-order valence-corrected chi connectivity index (χ4v) is 2.45. The molecule has 19 heavy (non-hydrogen) atoms. The van der Waals surface area contributed by atoms with E-state index >= 15 is 0 Å². The number of carbonyl (C=O) groups excluding carboxylic acids is 1. The Hall–Kier alpha value is -2.25. The SMILES string of the molecule is C#Cc1cccc(NCc2sccc2NC(C)=O)c1. The van der Waals surface area contributed by atoms with Crippen molar-refractivity contribution in [1.29, 1.82) is 0 Å². The van der Waals surface area contributed by atoms with E-state index in [1.165, 1.54) is 6.92 Å². The number of hydrogen-bond donors (Lipinski definition) is 2. The summed E-state index contributed by atoms with van der Waals surface area (Å²) in [6.45, 7) is 2.16. The van der Waals surface area contributed by atoms with Crippen molar-refractivity contribution < 1.29 is 4.79 Å². The van der Waals surface area contributed by atoms with Crippen LogP contribution >= 0.6 is 11.3 Å². The number of nitrogens with one attached hydrogen (secondary N) is 2. The molecule has 0 unspecified atom stereocenters. The number of terminal acetylenes is 1. The summed E-state index contributed by atoms with van der Waals surface area (Å²) in [6.07, 6.45) is 5.37. The molecule has 0 aliphatic heterocycles. The second-order valence-corrected chi connectivity index (χ2v) is 5.02. The smallest absolute Gasteiger partial charge is 0.221 e. The summed E-state index contributed by atoms with van der Waals surface area (Å²) in [5.74, 6) is 2.54. The van der Waals surface area contributed by atoms with Crippen molar-refractivity contribution >= 4 is 28.6 Å². The van der Waals surface area contributed by atoms with Gasteiger partial charge in [-0.25, -0.2) is 0 Å². The number of anilines is 2. The molecule has 2 N–H and O–H groups in total. The first-order chi connectivity index (χ1) is 9.19. The molecule has 1 aromatic carbocycles. The van der Waals surface area contributed by atoms with Crippen LogP contribution < -0.4 is 10.6 Å². The Labute approximate surface area is 116 Å². The Morgan fingerprint density at radius 2 is 2.26 bits per heavy atom. The lowest BCUT2D eigenvalue weighted by atomic mass is 10.2. The van der Waals surface area contributed by atoms with Gasteiger partial charge in [0.2, 0.25) is 5.91 Å². The molecule has 0 spiro atoms. The van der Waals surface area contributed by atoms with E-state index in [4.69, 9.17) is 6.42 Å². The molecule has 0 aliphatic carbocycles. The third-order valence-electron chi connectivity index (χ3n) is 2.54. The average molecular weight is 270 g/mol. The molecule has 0 saturated heterocycles. The topological polar surface area (TPSA) is 41.1 Å². The zero-order valence-corrected chi connectivity index (χ0v) is 11.4. The van der Waals surface area contributed by atoms with Gasteiger partial charge in [-0.3, -0.25) is 4.79 Å². The second-order valence-electron chi connectivity index (χ2n) is 4.02. The normalized spacial score (nSPS) is 9.68. The summed E-state index contributed by atoms with van der Waals surface area (Å²) in [5, 5.41) is 8.07. The first kappa shape index (κ1) is 13.2. The summed E-state index contributed by atoms with van der Waals surface area (Å²) in [5.41, 5.74) is 2.67. The fraction of sp³-hybridized carbons (Fsp3) is 0.133. The van der Waals surface area contributed by atoms with E-state index in [1.54, 1.807) is 11.3 Å². The van der Waals surface area contributed by atoms with Crippen molar-refractivity contribution in [1.82, 2.24) is 0 Å². The molecule has 96 valence electrons. The van der Waals surface area contributed by atoms with E-state index in [0.29, 0.717) is 6.54 Å². The first-order valence-electron chi connectivity index (χ1n) is 5.83. The lowest BCUT2D eigenvalue weighted by molar-refractivity contribution is -0.114. The highest BCUT2D eigenvalue weighted by Gasteiger charge is 2.05. The van der Waals surface area contributed by atoms with Gasteiger partial charge in [0.1, 0.15) is 0 Å². The fourth-order valence-electron chi connectivity index (χ4n) is 1.68. The van der Waals surface area contributed by atoms with Crippen molar-refractivity contribution in [2.24, 2.45) is 0 Å². The monoisotopic (exact) mass is 270 g/mol. The molecule has 1 amide bonds. The lowest BCUT2D eigenvalue weighted by Crippen LogP contribution is -2.08. The number of carbonyl (C=O) groups is 1. The minimum atomic E-state index is -0.0611. The summed E-state index contributed by atoms with van der Waals surface area (Å²) in [7, 11) is 0. The number of rotatable bonds is 4.